The Hall–Kier alpha value is -2.90. The number of hydrogen-bond acceptors (Lipinski definition) is 6. The molecule has 2 unspecified atom stereocenters. The number of benzene rings is 1. The van der Waals surface area contributed by atoms with Gasteiger partial charge in [0, 0.05) is 20.3 Å². The van der Waals surface area contributed by atoms with Crippen LogP contribution < -0.4 is 15.4 Å². The molecule has 0 bridgehead atoms. The van der Waals surface area contributed by atoms with E-state index >= 15 is 0 Å². The summed E-state index contributed by atoms with van der Waals surface area (Å²) in [4.78, 5) is 46.0. The molecule has 1 rings (SSSR count). The van der Waals surface area contributed by atoms with Crippen molar-refractivity contribution in [1.29, 1.82) is 0 Å². The zero-order valence-corrected chi connectivity index (χ0v) is 14.6. The van der Waals surface area contributed by atoms with Crippen molar-refractivity contribution in [3.63, 3.8) is 0 Å². The van der Waals surface area contributed by atoms with E-state index in [1.54, 1.807) is 24.3 Å². The maximum atomic E-state index is 12.3. The predicted molar refractivity (Wildman–Crippen MR) is 88.7 cm³/mol. The Morgan fingerprint density at radius 3 is 2.12 bits per heavy atom. The van der Waals surface area contributed by atoms with E-state index in [9.17, 15) is 19.2 Å². The van der Waals surface area contributed by atoms with Crippen molar-refractivity contribution >= 4 is 23.8 Å². The van der Waals surface area contributed by atoms with Crippen LogP contribution in [-0.2, 0) is 30.3 Å². The average Bonchev–Trinajstić information content (AvgIpc) is 2.54. The van der Waals surface area contributed by atoms with Crippen LogP contribution in [0.5, 0.6) is 5.75 Å². The zero-order chi connectivity index (χ0) is 19.0. The summed E-state index contributed by atoms with van der Waals surface area (Å²) in [6.07, 6.45) is 0.208. The van der Waals surface area contributed by atoms with Crippen LogP contribution >= 0.6 is 0 Å². The summed E-state index contributed by atoms with van der Waals surface area (Å²) in [5, 5.41) is 5.05. The minimum absolute atomic E-state index is 0.208. The molecule has 0 saturated heterocycles. The number of carbonyl (C=O) groups excluding carboxylic acids is 4. The highest BCUT2D eigenvalue weighted by atomic mass is 16.5. The highest BCUT2D eigenvalue weighted by molar-refractivity contribution is 5.90. The molecule has 0 spiro atoms. The van der Waals surface area contributed by atoms with Gasteiger partial charge in [0.15, 0.2) is 0 Å². The highest BCUT2D eigenvalue weighted by Crippen LogP contribution is 2.14. The van der Waals surface area contributed by atoms with E-state index in [2.05, 4.69) is 15.4 Å². The van der Waals surface area contributed by atoms with Crippen LogP contribution in [0, 0.1) is 0 Å². The molecule has 8 nitrogen and oxygen atoms in total. The first-order chi connectivity index (χ1) is 11.7. The van der Waals surface area contributed by atoms with Gasteiger partial charge in [0.2, 0.25) is 11.8 Å². The Morgan fingerprint density at radius 1 is 1.04 bits per heavy atom. The van der Waals surface area contributed by atoms with E-state index in [1.807, 2.05) is 0 Å². The van der Waals surface area contributed by atoms with Gasteiger partial charge in [-0.2, -0.15) is 0 Å². The third kappa shape index (κ3) is 7.03. The molecule has 0 fully saturated rings. The molecule has 25 heavy (non-hydrogen) atoms. The lowest BCUT2D eigenvalue weighted by Crippen LogP contribution is -2.51. The fourth-order valence-electron chi connectivity index (χ4n) is 2.10. The van der Waals surface area contributed by atoms with Crippen molar-refractivity contribution < 1.29 is 28.7 Å². The van der Waals surface area contributed by atoms with Crippen molar-refractivity contribution in [2.24, 2.45) is 0 Å². The molecule has 136 valence electrons. The standard InChI is InChI=1S/C17H22N2O6/c1-10(17(23)24-4)18-16(22)15(19-11(2)20)9-13-5-7-14(8-6-13)25-12(3)21/h5-8,10,15H,9H2,1-4H3,(H,18,22)(H,19,20). The third-order valence-electron chi connectivity index (χ3n) is 3.23. The van der Waals surface area contributed by atoms with E-state index in [4.69, 9.17) is 4.74 Å². The number of hydrogen-bond donors (Lipinski definition) is 2. The number of esters is 2. The Balaban J connectivity index is 2.81. The average molecular weight is 350 g/mol. The second-order valence-corrected chi connectivity index (χ2v) is 5.45. The largest absolute Gasteiger partial charge is 0.467 e. The highest BCUT2D eigenvalue weighted by Gasteiger charge is 2.24. The van der Waals surface area contributed by atoms with Crippen LogP contribution in [0.15, 0.2) is 24.3 Å². The van der Waals surface area contributed by atoms with Gasteiger partial charge in [-0.15, -0.1) is 0 Å². The number of rotatable bonds is 7. The molecule has 0 radical (unpaired) electrons. The number of methoxy groups -OCH3 is 1. The maximum Gasteiger partial charge on any atom is 0.328 e. The predicted octanol–water partition coefficient (Wildman–Crippen LogP) is 0.337. The topological polar surface area (TPSA) is 111 Å². The molecule has 8 heteroatoms. The molecule has 2 atom stereocenters. The number of carbonyl (C=O) groups is 4. The smallest absolute Gasteiger partial charge is 0.328 e. The van der Waals surface area contributed by atoms with Crippen molar-refractivity contribution in [3.8, 4) is 5.75 Å². The molecule has 0 aliphatic rings. The molecule has 0 saturated carbocycles. The van der Waals surface area contributed by atoms with E-state index < -0.39 is 29.9 Å². The SMILES string of the molecule is COC(=O)C(C)NC(=O)C(Cc1ccc(OC(C)=O)cc1)NC(C)=O. The summed E-state index contributed by atoms with van der Waals surface area (Å²) in [5.74, 6) is -1.50. The molecule has 1 aromatic rings. The Bertz CT molecular complexity index is 641. The van der Waals surface area contributed by atoms with Gasteiger partial charge in [0.05, 0.1) is 7.11 Å². The molecule has 2 N–H and O–H groups in total. The first kappa shape index (κ1) is 20.1. The van der Waals surface area contributed by atoms with Crippen LogP contribution in [-0.4, -0.2) is 42.9 Å². The summed E-state index contributed by atoms with van der Waals surface area (Å²) in [6, 6.07) is 4.87. The van der Waals surface area contributed by atoms with E-state index in [1.165, 1.54) is 27.9 Å². The zero-order valence-electron chi connectivity index (χ0n) is 14.6. The van der Waals surface area contributed by atoms with Crippen LogP contribution in [0.1, 0.15) is 26.3 Å². The summed E-state index contributed by atoms with van der Waals surface area (Å²) >= 11 is 0. The molecule has 0 heterocycles. The van der Waals surface area contributed by atoms with Gasteiger partial charge in [0.25, 0.3) is 0 Å². The third-order valence-corrected chi connectivity index (χ3v) is 3.23. The summed E-state index contributed by atoms with van der Waals surface area (Å²) < 4.78 is 9.49. The monoisotopic (exact) mass is 350 g/mol. The lowest BCUT2D eigenvalue weighted by Gasteiger charge is -2.20. The number of amides is 2. The second-order valence-electron chi connectivity index (χ2n) is 5.45. The van der Waals surface area contributed by atoms with E-state index in [0.29, 0.717) is 5.75 Å². The fraction of sp³-hybridized carbons (Fsp3) is 0.412. The second kappa shape index (κ2) is 9.41. The number of nitrogens with one attached hydrogen (secondary N) is 2. The van der Waals surface area contributed by atoms with Gasteiger partial charge < -0.3 is 20.1 Å². The van der Waals surface area contributed by atoms with Crippen LogP contribution in [0.3, 0.4) is 0 Å². The Morgan fingerprint density at radius 2 is 1.64 bits per heavy atom. The van der Waals surface area contributed by atoms with Gasteiger partial charge in [-0.3, -0.25) is 14.4 Å². The summed E-state index contributed by atoms with van der Waals surface area (Å²) in [6.45, 7) is 4.09. The maximum absolute atomic E-state index is 12.3. The quantitative estimate of drug-likeness (QED) is 0.542. The minimum atomic E-state index is -0.857. The molecule has 0 aromatic heterocycles. The first-order valence-corrected chi connectivity index (χ1v) is 7.65. The van der Waals surface area contributed by atoms with Gasteiger partial charge in [-0.25, -0.2) is 4.79 Å². The number of ether oxygens (including phenoxy) is 2. The summed E-state index contributed by atoms with van der Waals surface area (Å²) in [7, 11) is 1.22. The van der Waals surface area contributed by atoms with Crippen LogP contribution in [0.4, 0.5) is 0 Å². The lowest BCUT2D eigenvalue weighted by molar-refractivity contribution is -0.144. The van der Waals surface area contributed by atoms with Crippen LogP contribution in [0.2, 0.25) is 0 Å². The first-order valence-electron chi connectivity index (χ1n) is 7.65. The molecule has 0 aliphatic carbocycles. The van der Waals surface area contributed by atoms with Gasteiger partial charge in [-0.05, 0) is 24.6 Å². The molecule has 2 amide bonds. The van der Waals surface area contributed by atoms with Crippen molar-refractivity contribution in [1.82, 2.24) is 10.6 Å². The molecule has 1 aromatic carbocycles. The van der Waals surface area contributed by atoms with Gasteiger partial charge in [0.1, 0.15) is 17.8 Å². The van der Waals surface area contributed by atoms with Gasteiger partial charge in [-0.1, -0.05) is 12.1 Å². The van der Waals surface area contributed by atoms with Crippen molar-refractivity contribution in [2.45, 2.75) is 39.3 Å². The Labute approximate surface area is 145 Å². The minimum Gasteiger partial charge on any atom is -0.467 e. The van der Waals surface area contributed by atoms with E-state index in [-0.39, 0.29) is 12.3 Å². The Kier molecular flexibility index (Phi) is 7.58. The normalized spacial score (nSPS) is 12.5. The van der Waals surface area contributed by atoms with Crippen molar-refractivity contribution in [3.05, 3.63) is 29.8 Å². The fourth-order valence-corrected chi connectivity index (χ4v) is 2.10. The molecular formula is C17H22N2O6. The van der Waals surface area contributed by atoms with E-state index in [0.717, 1.165) is 5.56 Å². The summed E-state index contributed by atoms with van der Waals surface area (Å²) in [5.41, 5.74) is 0.746. The van der Waals surface area contributed by atoms with Crippen molar-refractivity contribution in [2.75, 3.05) is 7.11 Å². The van der Waals surface area contributed by atoms with Gasteiger partial charge >= 0.3 is 11.9 Å². The lowest BCUT2D eigenvalue weighted by atomic mass is 10.0. The van der Waals surface area contributed by atoms with Crippen LogP contribution in [0.25, 0.3) is 0 Å². The molecule has 0 aliphatic heterocycles. The molecular weight excluding hydrogens is 328 g/mol.